The molecule has 2 aromatic rings. The molecule has 2 saturated heterocycles. The van der Waals surface area contributed by atoms with Crippen LogP contribution in [0, 0.1) is 0 Å². The number of morpholine rings is 1. The number of hydrogen-bond acceptors (Lipinski definition) is 4. The van der Waals surface area contributed by atoms with Gasteiger partial charge in [0, 0.05) is 43.5 Å². The summed E-state index contributed by atoms with van der Waals surface area (Å²) in [6.07, 6.45) is 4.89. The molecule has 31 heavy (non-hydrogen) atoms. The topological polar surface area (TPSA) is 61.9 Å². The molecule has 1 atom stereocenters. The van der Waals surface area contributed by atoms with E-state index in [1.807, 2.05) is 54.3 Å². The maximum atomic E-state index is 12.4. The van der Waals surface area contributed by atoms with E-state index in [4.69, 9.17) is 4.74 Å². The van der Waals surface area contributed by atoms with E-state index in [-0.39, 0.29) is 17.9 Å². The average molecular weight is 420 g/mol. The van der Waals surface area contributed by atoms with Gasteiger partial charge >= 0.3 is 0 Å². The highest BCUT2D eigenvalue weighted by atomic mass is 16.5. The summed E-state index contributed by atoms with van der Waals surface area (Å²) in [5.74, 6) is 0.0174. The molecule has 4 rings (SSSR count). The largest absolute Gasteiger partial charge is 0.378 e. The van der Waals surface area contributed by atoms with Crippen LogP contribution in [-0.4, -0.2) is 44.7 Å². The van der Waals surface area contributed by atoms with Crippen LogP contribution in [0.4, 0.5) is 11.4 Å². The Morgan fingerprint density at radius 2 is 1.84 bits per heavy atom. The number of hydrogen-bond donors (Lipinski definition) is 1. The first-order chi connectivity index (χ1) is 15.1. The number of ether oxygens (including phenoxy) is 1. The summed E-state index contributed by atoms with van der Waals surface area (Å²) in [6.45, 7) is 6.05. The standard InChI is InChI=1S/C25H29N3O3/c1-19(21-4-2-5-23(18-21)28-13-3-6-25(28)30)26-24(29)12-9-20-7-10-22(11-8-20)27-14-16-31-17-15-27/h2,4-5,7-12,18-19H,3,6,13-17H2,1H3,(H,26,29)/b12-9+. The fourth-order valence-electron chi connectivity index (χ4n) is 4.02. The van der Waals surface area contributed by atoms with Gasteiger partial charge in [0.15, 0.2) is 0 Å². The second-order valence-corrected chi connectivity index (χ2v) is 8.00. The lowest BCUT2D eigenvalue weighted by molar-refractivity contribution is -0.117. The van der Waals surface area contributed by atoms with Gasteiger partial charge in [-0.15, -0.1) is 0 Å². The molecule has 1 N–H and O–H groups in total. The van der Waals surface area contributed by atoms with E-state index in [1.54, 1.807) is 6.08 Å². The molecule has 2 heterocycles. The Labute approximate surface area is 183 Å². The maximum Gasteiger partial charge on any atom is 0.244 e. The van der Waals surface area contributed by atoms with Gasteiger partial charge in [-0.25, -0.2) is 0 Å². The Bertz CT molecular complexity index is 949. The van der Waals surface area contributed by atoms with E-state index >= 15 is 0 Å². The third-order valence-corrected chi connectivity index (χ3v) is 5.81. The minimum atomic E-state index is -0.154. The highest BCUT2D eigenvalue weighted by Crippen LogP contribution is 2.25. The smallest absolute Gasteiger partial charge is 0.244 e. The van der Waals surface area contributed by atoms with Crippen molar-refractivity contribution in [3.05, 3.63) is 65.7 Å². The number of nitrogens with one attached hydrogen (secondary N) is 1. The van der Waals surface area contributed by atoms with Gasteiger partial charge in [-0.3, -0.25) is 9.59 Å². The lowest BCUT2D eigenvalue weighted by Gasteiger charge is -2.28. The monoisotopic (exact) mass is 419 g/mol. The van der Waals surface area contributed by atoms with E-state index in [9.17, 15) is 9.59 Å². The van der Waals surface area contributed by atoms with Crippen molar-refractivity contribution in [2.45, 2.75) is 25.8 Å². The normalized spacial score (nSPS) is 17.9. The Morgan fingerprint density at radius 1 is 1.06 bits per heavy atom. The summed E-state index contributed by atoms with van der Waals surface area (Å²) in [7, 11) is 0. The summed E-state index contributed by atoms with van der Waals surface area (Å²) >= 11 is 0. The van der Waals surface area contributed by atoms with E-state index in [0.29, 0.717) is 6.42 Å². The number of carbonyl (C=O) groups excluding carboxylic acids is 2. The van der Waals surface area contributed by atoms with Crippen molar-refractivity contribution < 1.29 is 14.3 Å². The van der Waals surface area contributed by atoms with Gasteiger partial charge in [0.1, 0.15) is 0 Å². The lowest BCUT2D eigenvalue weighted by atomic mass is 10.1. The molecule has 162 valence electrons. The van der Waals surface area contributed by atoms with Crippen molar-refractivity contribution in [2.75, 3.05) is 42.6 Å². The Morgan fingerprint density at radius 3 is 2.55 bits per heavy atom. The first-order valence-electron chi connectivity index (χ1n) is 10.9. The molecule has 1 unspecified atom stereocenters. The third-order valence-electron chi connectivity index (χ3n) is 5.81. The molecule has 0 aliphatic carbocycles. The Kier molecular flexibility index (Phi) is 6.67. The molecule has 0 aromatic heterocycles. The van der Waals surface area contributed by atoms with Crippen molar-refractivity contribution >= 4 is 29.3 Å². The molecule has 0 bridgehead atoms. The van der Waals surface area contributed by atoms with Gasteiger partial charge in [0.2, 0.25) is 11.8 Å². The van der Waals surface area contributed by atoms with Crippen molar-refractivity contribution in [2.24, 2.45) is 0 Å². The second kappa shape index (κ2) is 9.79. The summed E-state index contributed by atoms with van der Waals surface area (Å²) < 4.78 is 5.40. The van der Waals surface area contributed by atoms with Crippen molar-refractivity contribution in [1.82, 2.24) is 5.32 Å². The Hall–Kier alpha value is -3.12. The van der Waals surface area contributed by atoms with Crippen LogP contribution in [0.5, 0.6) is 0 Å². The zero-order valence-electron chi connectivity index (χ0n) is 17.9. The Balaban J connectivity index is 1.34. The summed E-state index contributed by atoms with van der Waals surface area (Å²) in [5.41, 5.74) is 4.04. The maximum absolute atomic E-state index is 12.4. The molecule has 2 amide bonds. The van der Waals surface area contributed by atoms with Crippen molar-refractivity contribution in [3.8, 4) is 0 Å². The number of rotatable bonds is 6. The SMILES string of the molecule is CC(NC(=O)/C=C/c1ccc(N2CCOCC2)cc1)c1cccc(N2CCCC2=O)c1. The number of benzene rings is 2. The quantitative estimate of drug-likeness (QED) is 0.728. The van der Waals surface area contributed by atoms with Gasteiger partial charge in [-0.2, -0.15) is 0 Å². The van der Waals surface area contributed by atoms with Crippen LogP contribution in [0.25, 0.3) is 6.08 Å². The fourth-order valence-corrected chi connectivity index (χ4v) is 4.02. The number of carbonyl (C=O) groups is 2. The summed E-state index contributed by atoms with van der Waals surface area (Å²) in [6, 6.07) is 15.9. The summed E-state index contributed by atoms with van der Waals surface area (Å²) in [5, 5.41) is 3.01. The molecule has 6 nitrogen and oxygen atoms in total. The van der Waals surface area contributed by atoms with Crippen LogP contribution in [0.1, 0.15) is 36.9 Å². The van der Waals surface area contributed by atoms with Crippen LogP contribution < -0.4 is 15.1 Å². The fraction of sp³-hybridized carbons (Fsp3) is 0.360. The average Bonchev–Trinajstić information content (AvgIpc) is 3.24. The van der Waals surface area contributed by atoms with E-state index in [2.05, 4.69) is 22.3 Å². The second-order valence-electron chi connectivity index (χ2n) is 8.00. The van der Waals surface area contributed by atoms with Crippen LogP contribution in [0.3, 0.4) is 0 Å². The molecule has 2 aliphatic rings. The molecule has 2 aliphatic heterocycles. The highest BCUT2D eigenvalue weighted by Gasteiger charge is 2.22. The van der Waals surface area contributed by atoms with Gasteiger partial charge < -0.3 is 19.9 Å². The molecule has 0 spiro atoms. The van der Waals surface area contributed by atoms with Crippen LogP contribution in [-0.2, 0) is 14.3 Å². The predicted molar refractivity (Wildman–Crippen MR) is 123 cm³/mol. The van der Waals surface area contributed by atoms with E-state index in [1.165, 1.54) is 5.69 Å². The third kappa shape index (κ3) is 5.33. The molecule has 0 saturated carbocycles. The van der Waals surface area contributed by atoms with Crippen LogP contribution >= 0.6 is 0 Å². The first kappa shape index (κ1) is 21.1. The van der Waals surface area contributed by atoms with Crippen molar-refractivity contribution in [1.29, 1.82) is 0 Å². The van der Waals surface area contributed by atoms with Crippen LogP contribution in [0.15, 0.2) is 54.6 Å². The minimum Gasteiger partial charge on any atom is -0.378 e. The van der Waals surface area contributed by atoms with Crippen LogP contribution in [0.2, 0.25) is 0 Å². The number of anilines is 2. The molecular formula is C25H29N3O3. The molecule has 2 fully saturated rings. The zero-order chi connectivity index (χ0) is 21.6. The van der Waals surface area contributed by atoms with Gasteiger partial charge in [0.05, 0.1) is 19.3 Å². The molecular weight excluding hydrogens is 390 g/mol. The van der Waals surface area contributed by atoms with Gasteiger partial charge in [0.25, 0.3) is 0 Å². The minimum absolute atomic E-state index is 0.146. The molecule has 2 aromatic carbocycles. The van der Waals surface area contributed by atoms with E-state index < -0.39 is 0 Å². The zero-order valence-corrected chi connectivity index (χ0v) is 17.9. The van der Waals surface area contributed by atoms with E-state index in [0.717, 1.165) is 56.1 Å². The molecule has 0 radical (unpaired) electrons. The molecule has 6 heteroatoms. The first-order valence-corrected chi connectivity index (χ1v) is 10.9. The predicted octanol–water partition coefficient (Wildman–Crippen LogP) is 3.54. The van der Waals surface area contributed by atoms with Crippen molar-refractivity contribution in [3.63, 3.8) is 0 Å². The van der Waals surface area contributed by atoms with Gasteiger partial charge in [-0.1, -0.05) is 24.3 Å². The summed E-state index contributed by atoms with van der Waals surface area (Å²) in [4.78, 5) is 28.5. The van der Waals surface area contributed by atoms with Gasteiger partial charge in [-0.05, 0) is 54.8 Å². The number of amides is 2. The number of nitrogens with zero attached hydrogens (tertiary/aromatic N) is 2. The highest BCUT2D eigenvalue weighted by molar-refractivity contribution is 5.95. The lowest BCUT2D eigenvalue weighted by Crippen LogP contribution is -2.36.